The summed E-state index contributed by atoms with van der Waals surface area (Å²) in [5.74, 6) is -0.00795. The van der Waals surface area contributed by atoms with Crippen molar-refractivity contribution in [2.24, 2.45) is 4.99 Å². The second kappa shape index (κ2) is 7.31. The maximum atomic E-state index is 12.8. The van der Waals surface area contributed by atoms with E-state index in [4.69, 9.17) is 5.11 Å². The molecular formula is C14H15F3N2OS. The standard InChI is InChI=1S/C14H15F3N2OS/c1-9(6-10(2)20)19-11(3)21-8-12-7-18-5-4-13(12)14(15,16)17/h4-7,20H,2,8H2,1,3H3/b9-6-,19-11?. The van der Waals surface area contributed by atoms with Crippen LogP contribution in [0.2, 0.25) is 0 Å². The summed E-state index contributed by atoms with van der Waals surface area (Å²) in [5, 5.41) is 9.57. The van der Waals surface area contributed by atoms with Gasteiger partial charge in [-0.1, -0.05) is 6.58 Å². The highest BCUT2D eigenvalue weighted by atomic mass is 32.2. The number of hydrogen-bond donors (Lipinski definition) is 1. The lowest BCUT2D eigenvalue weighted by Crippen LogP contribution is -2.09. The smallest absolute Gasteiger partial charge is 0.416 e. The van der Waals surface area contributed by atoms with E-state index >= 15 is 0 Å². The van der Waals surface area contributed by atoms with Crippen LogP contribution in [0.15, 0.2) is 47.6 Å². The maximum Gasteiger partial charge on any atom is 0.416 e. The van der Waals surface area contributed by atoms with Crippen molar-refractivity contribution in [2.45, 2.75) is 25.8 Å². The molecule has 0 amide bonds. The minimum absolute atomic E-state index is 0.109. The van der Waals surface area contributed by atoms with Crippen molar-refractivity contribution in [3.8, 4) is 0 Å². The highest BCUT2D eigenvalue weighted by molar-refractivity contribution is 8.13. The molecule has 1 aromatic rings. The van der Waals surface area contributed by atoms with Crippen molar-refractivity contribution in [1.82, 2.24) is 4.98 Å². The van der Waals surface area contributed by atoms with Gasteiger partial charge in [0.05, 0.1) is 10.6 Å². The number of aliphatic imine (C=N–C) groups is 1. The first-order chi connectivity index (χ1) is 9.70. The first-order valence-corrected chi connectivity index (χ1v) is 6.93. The zero-order valence-corrected chi connectivity index (χ0v) is 12.4. The molecule has 0 aromatic carbocycles. The first-order valence-electron chi connectivity index (χ1n) is 5.94. The number of halogens is 3. The molecule has 114 valence electrons. The molecular weight excluding hydrogens is 301 g/mol. The maximum absolute atomic E-state index is 12.8. The van der Waals surface area contributed by atoms with Gasteiger partial charge in [0.1, 0.15) is 5.76 Å². The van der Waals surface area contributed by atoms with E-state index in [-0.39, 0.29) is 17.1 Å². The van der Waals surface area contributed by atoms with Gasteiger partial charge < -0.3 is 5.11 Å². The van der Waals surface area contributed by atoms with E-state index in [2.05, 4.69) is 16.6 Å². The first kappa shape index (κ1) is 17.3. The molecule has 1 N–H and O–H groups in total. The van der Waals surface area contributed by atoms with Crippen molar-refractivity contribution >= 4 is 16.8 Å². The number of alkyl halides is 3. The molecule has 0 fully saturated rings. The molecule has 1 rings (SSSR count). The zero-order valence-electron chi connectivity index (χ0n) is 11.6. The van der Waals surface area contributed by atoms with Crippen LogP contribution in [-0.2, 0) is 11.9 Å². The van der Waals surface area contributed by atoms with E-state index in [1.165, 1.54) is 24.0 Å². The van der Waals surface area contributed by atoms with Gasteiger partial charge in [-0.15, -0.1) is 11.8 Å². The molecule has 7 heteroatoms. The van der Waals surface area contributed by atoms with Gasteiger partial charge in [-0.2, -0.15) is 13.2 Å². The predicted octanol–water partition coefficient (Wildman–Crippen LogP) is 4.73. The van der Waals surface area contributed by atoms with Crippen LogP contribution in [-0.4, -0.2) is 15.1 Å². The molecule has 0 aliphatic rings. The Labute approximate surface area is 125 Å². The molecule has 0 saturated carbocycles. The zero-order chi connectivity index (χ0) is 16.0. The summed E-state index contributed by atoms with van der Waals surface area (Å²) in [6.45, 7) is 6.65. The van der Waals surface area contributed by atoms with E-state index in [1.54, 1.807) is 13.8 Å². The van der Waals surface area contributed by atoms with Crippen LogP contribution >= 0.6 is 11.8 Å². The van der Waals surface area contributed by atoms with Crippen LogP contribution in [0.4, 0.5) is 13.2 Å². The molecule has 21 heavy (non-hydrogen) atoms. The Morgan fingerprint density at radius 2 is 2.14 bits per heavy atom. The van der Waals surface area contributed by atoms with Gasteiger partial charge in [0.25, 0.3) is 0 Å². The molecule has 0 unspecified atom stereocenters. The lowest BCUT2D eigenvalue weighted by Gasteiger charge is -2.11. The molecule has 0 radical (unpaired) electrons. The number of thioether (sulfide) groups is 1. The van der Waals surface area contributed by atoms with Crippen molar-refractivity contribution in [2.75, 3.05) is 0 Å². The Balaban J connectivity index is 2.81. The number of nitrogens with zero attached hydrogens (tertiary/aromatic N) is 2. The number of hydrogen-bond acceptors (Lipinski definition) is 4. The third-order valence-electron chi connectivity index (χ3n) is 2.35. The van der Waals surface area contributed by atoms with Gasteiger partial charge in [-0.25, -0.2) is 0 Å². The topological polar surface area (TPSA) is 45.5 Å². The van der Waals surface area contributed by atoms with Crippen molar-refractivity contribution in [3.63, 3.8) is 0 Å². The number of aliphatic hydroxyl groups is 1. The highest BCUT2D eigenvalue weighted by Crippen LogP contribution is 2.33. The highest BCUT2D eigenvalue weighted by Gasteiger charge is 2.33. The van der Waals surface area contributed by atoms with Gasteiger partial charge in [0, 0.05) is 29.9 Å². The summed E-state index contributed by atoms with van der Waals surface area (Å²) >= 11 is 1.17. The summed E-state index contributed by atoms with van der Waals surface area (Å²) in [7, 11) is 0. The quantitative estimate of drug-likeness (QED) is 0.378. The Morgan fingerprint density at radius 1 is 1.48 bits per heavy atom. The van der Waals surface area contributed by atoms with Crippen LogP contribution in [0.5, 0.6) is 0 Å². The van der Waals surface area contributed by atoms with Crippen LogP contribution in [0.3, 0.4) is 0 Å². The van der Waals surface area contributed by atoms with Crippen molar-refractivity contribution < 1.29 is 18.3 Å². The molecule has 0 aliphatic heterocycles. The third-order valence-corrected chi connectivity index (χ3v) is 3.32. The van der Waals surface area contributed by atoms with Crippen LogP contribution in [0.1, 0.15) is 25.0 Å². The summed E-state index contributed by atoms with van der Waals surface area (Å²) in [6, 6.07) is 0.962. The summed E-state index contributed by atoms with van der Waals surface area (Å²) in [5.41, 5.74) is -0.0544. The second-order valence-corrected chi connectivity index (χ2v) is 5.40. The number of pyridine rings is 1. The van der Waals surface area contributed by atoms with Gasteiger partial charge in [-0.05, 0) is 25.5 Å². The number of aromatic nitrogens is 1. The number of allylic oxidation sites excluding steroid dienone is 2. The van der Waals surface area contributed by atoms with E-state index in [0.29, 0.717) is 10.7 Å². The Kier molecular flexibility index (Phi) is 6.02. The second-order valence-electron chi connectivity index (χ2n) is 4.23. The molecule has 0 atom stereocenters. The summed E-state index contributed by atoms with van der Waals surface area (Å²) in [6.07, 6.45) is -0.692. The van der Waals surface area contributed by atoms with Crippen molar-refractivity contribution in [1.29, 1.82) is 0 Å². The third kappa shape index (κ3) is 6.03. The van der Waals surface area contributed by atoms with E-state index in [0.717, 1.165) is 12.3 Å². The lowest BCUT2D eigenvalue weighted by atomic mass is 10.1. The van der Waals surface area contributed by atoms with Crippen LogP contribution < -0.4 is 0 Å². The molecule has 0 bridgehead atoms. The summed E-state index contributed by atoms with van der Waals surface area (Å²) < 4.78 is 38.4. The number of rotatable bonds is 4. The van der Waals surface area contributed by atoms with Crippen LogP contribution in [0, 0.1) is 0 Å². The average Bonchev–Trinajstić information content (AvgIpc) is 2.34. The SMILES string of the molecule is C=C(O)/C=C(/C)N=C(C)SCc1cnccc1C(F)(F)F. The minimum atomic E-state index is -4.39. The lowest BCUT2D eigenvalue weighted by molar-refractivity contribution is -0.138. The average molecular weight is 316 g/mol. The van der Waals surface area contributed by atoms with E-state index in [1.807, 2.05) is 0 Å². The van der Waals surface area contributed by atoms with Gasteiger partial charge in [0.15, 0.2) is 0 Å². The monoisotopic (exact) mass is 316 g/mol. The molecule has 3 nitrogen and oxygen atoms in total. The Morgan fingerprint density at radius 3 is 2.71 bits per heavy atom. The van der Waals surface area contributed by atoms with E-state index < -0.39 is 11.7 Å². The van der Waals surface area contributed by atoms with E-state index in [9.17, 15) is 13.2 Å². The fraction of sp³-hybridized carbons (Fsp3) is 0.286. The molecule has 0 saturated heterocycles. The Bertz CT molecular complexity index is 580. The van der Waals surface area contributed by atoms with Gasteiger partial charge >= 0.3 is 6.18 Å². The predicted molar refractivity (Wildman–Crippen MR) is 79.2 cm³/mol. The summed E-state index contributed by atoms with van der Waals surface area (Å²) in [4.78, 5) is 7.87. The van der Waals surface area contributed by atoms with Crippen molar-refractivity contribution in [3.05, 3.63) is 53.7 Å². The Hall–Kier alpha value is -1.76. The molecule has 0 aliphatic carbocycles. The molecule has 1 heterocycles. The fourth-order valence-corrected chi connectivity index (χ4v) is 2.36. The fourth-order valence-electron chi connectivity index (χ4n) is 1.55. The molecule has 1 aromatic heterocycles. The van der Waals surface area contributed by atoms with Gasteiger partial charge in [-0.3, -0.25) is 9.98 Å². The minimum Gasteiger partial charge on any atom is -0.509 e. The largest absolute Gasteiger partial charge is 0.509 e. The van der Waals surface area contributed by atoms with Gasteiger partial charge in [0.2, 0.25) is 0 Å². The normalized spacial score (nSPS) is 13.4. The van der Waals surface area contributed by atoms with Crippen LogP contribution in [0.25, 0.3) is 0 Å². The number of aliphatic hydroxyl groups excluding tert-OH is 1. The molecule has 0 spiro atoms.